The molecule has 1 unspecified atom stereocenters. The third kappa shape index (κ3) is 5.09. The Labute approximate surface area is 120 Å². The quantitative estimate of drug-likeness (QED) is 0.778. The van der Waals surface area contributed by atoms with Crippen LogP contribution in [-0.4, -0.2) is 62.6 Å². The number of hydrogen-bond donors (Lipinski definition) is 2. The normalized spacial score (nSPS) is 17.9. The first-order valence-corrected chi connectivity index (χ1v) is 7.08. The van der Waals surface area contributed by atoms with E-state index in [1.165, 1.54) is 0 Å². The molecule has 2 rings (SSSR count). The maximum absolute atomic E-state index is 10.1. The fourth-order valence-electron chi connectivity index (χ4n) is 2.32. The number of nitrogens with zero attached hydrogens (tertiary/aromatic N) is 1. The van der Waals surface area contributed by atoms with Gasteiger partial charge in [-0.3, -0.25) is 4.90 Å². The van der Waals surface area contributed by atoms with Crippen LogP contribution in [0.4, 0.5) is 5.69 Å². The number of nitrogens with one attached hydrogen (secondary N) is 1. The number of hydrogen-bond acceptors (Lipinski definition) is 5. The van der Waals surface area contributed by atoms with Crippen molar-refractivity contribution in [2.45, 2.75) is 12.7 Å². The summed E-state index contributed by atoms with van der Waals surface area (Å²) in [4.78, 5) is 2.23. The van der Waals surface area contributed by atoms with Crippen molar-refractivity contribution < 1.29 is 14.6 Å². The number of β-amino-alcohol motifs (C(OH)–C–C–N with tert-alkyl or cyclic N) is 1. The van der Waals surface area contributed by atoms with Gasteiger partial charge in [-0.1, -0.05) is 12.1 Å². The molecule has 1 aliphatic rings. The monoisotopic (exact) mass is 280 g/mol. The van der Waals surface area contributed by atoms with Gasteiger partial charge in [0.05, 0.1) is 25.9 Å². The van der Waals surface area contributed by atoms with Crippen LogP contribution in [0, 0.1) is 0 Å². The van der Waals surface area contributed by atoms with E-state index in [0.717, 1.165) is 37.6 Å². The Hall–Kier alpha value is -1.14. The maximum atomic E-state index is 10.1. The molecule has 1 aromatic rings. The molecule has 0 amide bonds. The van der Waals surface area contributed by atoms with Crippen LogP contribution in [-0.2, 0) is 16.1 Å². The Kier molecular flexibility index (Phi) is 6.26. The average molecular weight is 280 g/mol. The summed E-state index contributed by atoms with van der Waals surface area (Å²) in [5, 5.41) is 13.3. The van der Waals surface area contributed by atoms with Crippen molar-refractivity contribution in [2.24, 2.45) is 0 Å². The van der Waals surface area contributed by atoms with Gasteiger partial charge in [-0.15, -0.1) is 0 Å². The van der Waals surface area contributed by atoms with E-state index >= 15 is 0 Å². The molecule has 0 bridgehead atoms. The summed E-state index contributed by atoms with van der Waals surface area (Å²) in [7, 11) is 1.69. The molecule has 1 aromatic carbocycles. The lowest BCUT2D eigenvalue weighted by Crippen LogP contribution is -2.42. The van der Waals surface area contributed by atoms with E-state index in [0.29, 0.717) is 19.7 Å². The molecule has 0 spiro atoms. The van der Waals surface area contributed by atoms with Gasteiger partial charge in [-0.25, -0.2) is 0 Å². The first kappa shape index (κ1) is 15.3. The predicted molar refractivity (Wildman–Crippen MR) is 78.9 cm³/mol. The molecule has 0 saturated carbocycles. The van der Waals surface area contributed by atoms with Crippen LogP contribution in [0.1, 0.15) is 5.56 Å². The minimum absolute atomic E-state index is 0.376. The molecule has 0 aliphatic carbocycles. The Morgan fingerprint density at radius 2 is 2.20 bits per heavy atom. The molecular weight excluding hydrogens is 256 g/mol. The molecule has 0 radical (unpaired) electrons. The lowest BCUT2D eigenvalue weighted by Gasteiger charge is -2.28. The number of anilines is 1. The zero-order valence-electron chi connectivity index (χ0n) is 12.0. The smallest absolute Gasteiger partial charge is 0.0839 e. The highest BCUT2D eigenvalue weighted by molar-refractivity contribution is 5.45. The SMILES string of the molecule is COCc1cccc(NCC(O)CN2CCOCC2)c1. The molecule has 1 heterocycles. The molecule has 0 aromatic heterocycles. The van der Waals surface area contributed by atoms with Crippen molar-refractivity contribution in [1.82, 2.24) is 4.90 Å². The summed E-state index contributed by atoms with van der Waals surface area (Å²) in [6, 6.07) is 8.06. The Morgan fingerprint density at radius 1 is 1.40 bits per heavy atom. The van der Waals surface area contributed by atoms with Crippen LogP contribution < -0.4 is 5.32 Å². The zero-order valence-corrected chi connectivity index (χ0v) is 12.0. The molecule has 20 heavy (non-hydrogen) atoms. The van der Waals surface area contributed by atoms with Gasteiger partial charge in [0.15, 0.2) is 0 Å². The maximum Gasteiger partial charge on any atom is 0.0839 e. The molecule has 1 atom stereocenters. The second-order valence-corrected chi connectivity index (χ2v) is 5.08. The van der Waals surface area contributed by atoms with Crippen molar-refractivity contribution in [3.8, 4) is 0 Å². The highest BCUT2D eigenvalue weighted by Gasteiger charge is 2.14. The summed E-state index contributed by atoms with van der Waals surface area (Å²) in [6.07, 6.45) is -0.376. The van der Waals surface area contributed by atoms with E-state index in [9.17, 15) is 5.11 Å². The third-order valence-electron chi connectivity index (χ3n) is 3.35. The largest absolute Gasteiger partial charge is 0.390 e. The number of aliphatic hydroxyl groups excluding tert-OH is 1. The highest BCUT2D eigenvalue weighted by Crippen LogP contribution is 2.11. The van der Waals surface area contributed by atoms with Gasteiger partial charge in [0, 0.05) is 39.0 Å². The van der Waals surface area contributed by atoms with E-state index in [1.807, 2.05) is 24.3 Å². The van der Waals surface area contributed by atoms with Crippen LogP contribution in [0.25, 0.3) is 0 Å². The summed E-state index contributed by atoms with van der Waals surface area (Å²) < 4.78 is 10.4. The van der Waals surface area contributed by atoms with Crippen LogP contribution in [0.15, 0.2) is 24.3 Å². The number of aliphatic hydroxyl groups is 1. The lowest BCUT2D eigenvalue weighted by molar-refractivity contribution is 0.0171. The summed E-state index contributed by atoms with van der Waals surface area (Å²) in [5.74, 6) is 0. The van der Waals surface area contributed by atoms with Gasteiger partial charge in [-0.05, 0) is 17.7 Å². The summed E-state index contributed by atoms with van der Waals surface area (Å²) in [6.45, 7) is 5.17. The van der Waals surface area contributed by atoms with Gasteiger partial charge in [0.25, 0.3) is 0 Å². The van der Waals surface area contributed by atoms with Crippen LogP contribution in [0.2, 0.25) is 0 Å². The van der Waals surface area contributed by atoms with Crippen LogP contribution in [0.5, 0.6) is 0 Å². The molecule has 1 fully saturated rings. The van der Waals surface area contributed by atoms with E-state index in [1.54, 1.807) is 7.11 Å². The number of benzene rings is 1. The Morgan fingerprint density at radius 3 is 2.95 bits per heavy atom. The van der Waals surface area contributed by atoms with Crippen LogP contribution in [0.3, 0.4) is 0 Å². The first-order valence-electron chi connectivity index (χ1n) is 7.08. The second kappa shape index (κ2) is 8.21. The van der Waals surface area contributed by atoms with Gasteiger partial charge in [0.2, 0.25) is 0 Å². The van der Waals surface area contributed by atoms with Crippen molar-refractivity contribution in [3.05, 3.63) is 29.8 Å². The van der Waals surface area contributed by atoms with E-state index in [2.05, 4.69) is 10.2 Å². The fourth-order valence-corrected chi connectivity index (χ4v) is 2.32. The van der Waals surface area contributed by atoms with Crippen molar-refractivity contribution in [3.63, 3.8) is 0 Å². The molecule has 5 nitrogen and oxygen atoms in total. The molecule has 2 N–H and O–H groups in total. The number of rotatable bonds is 7. The van der Waals surface area contributed by atoms with E-state index in [-0.39, 0.29) is 6.10 Å². The van der Waals surface area contributed by atoms with Gasteiger partial charge in [-0.2, -0.15) is 0 Å². The number of ether oxygens (including phenoxy) is 2. The third-order valence-corrected chi connectivity index (χ3v) is 3.35. The van der Waals surface area contributed by atoms with Gasteiger partial charge < -0.3 is 19.9 Å². The standard InChI is InChI=1S/C15H24N2O3/c1-19-12-13-3-2-4-14(9-13)16-10-15(18)11-17-5-7-20-8-6-17/h2-4,9,15-16,18H,5-8,10-12H2,1H3. The first-order chi connectivity index (χ1) is 9.78. The minimum Gasteiger partial charge on any atom is -0.390 e. The van der Waals surface area contributed by atoms with Crippen molar-refractivity contribution in [2.75, 3.05) is 51.8 Å². The zero-order chi connectivity index (χ0) is 14.2. The van der Waals surface area contributed by atoms with Gasteiger partial charge >= 0.3 is 0 Å². The molecule has 112 valence electrons. The minimum atomic E-state index is -0.376. The van der Waals surface area contributed by atoms with E-state index in [4.69, 9.17) is 9.47 Å². The average Bonchev–Trinajstić information content (AvgIpc) is 2.47. The molecular formula is C15H24N2O3. The topological polar surface area (TPSA) is 54.0 Å². The molecule has 5 heteroatoms. The summed E-state index contributed by atoms with van der Waals surface area (Å²) >= 11 is 0. The Bertz CT molecular complexity index is 394. The summed E-state index contributed by atoms with van der Waals surface area (Å²) in [5.41, 5.74) is 2.14. The van der Waals surface area contributed by atoms with Crippen LogP contribution >= 0.6 is 0 Å². The highest BCUT2D eigenvalue weighted by atomic mass is 16.5. The number of methoxy groups -OCH3 is 1. The van der Waals surface area contributed by atoms with Crippen molar-refractivity contribution >= 4 is 5.69 Å². The molecule has 1 saturated heterocycles. The Balaban J connectivity index is 1.74. The second-order valence-electron chi connectivity index (χ2n) is 5.08. The lowest BCUT2D eigenvalue weighted by atomic mass is 10.2. The predicted octanol–water partition coefficient (Wildman–Crippen LogP) is 0.938. The molecule has 1 aliphatic heterocycles. The van der Waals surface area contributed by atoms with E-state index < -0.39 is 0 Å². The van der Waals surface area contributed by atoms with Gasteiger partial charge in [0.1, 0.15) is 0 Å². The van der Waals surface area contributed by atoms with Crippen molar-refractivity contribution in [1.29, 1.82) is 0 Å². The fraction of sp³-hybridized carbons (Fsp3) is 0.600. The number of morpholine rings is 1.